The monoisotopic (exact) mass is 183 g/mol. The number of hydrogen-bond acceptors (Lipinski definition) is 3. The van der Waals surface area contributed by atoms with Crippen LogP contribution in [0.4, 0.5) is 0 Å². The SMILES string of the molecule is CC(C)(C#N)CCCNCC(N)=O. The summed E-state index contributed by atoms with van der Waals surface area (Å²) in [6.07, 6.45) is 1.71. The van der Waals surface area contributed by atoms with E-state index < -0.39 is 0 Å². The minimum atomic E-state index is -0.348. The molecule has 4 heteroatoms. The second kappa shape index (κ2) is 5.55. The summed E-state index contributed by atoms with van der Waals surface area (Å²) in [6, 6.07) is 2.22. The van der Waals surface area contributed by atoms with Crippen molar-refractivity contribution in [1.29, 1.82) is 5.26 Å². The Kier molecular flexibility index (Phi) is 5.09. The van der Waals surface area contributed by atoms with Gasteiger partial charge in [0, 0.05) is 0 Å². The van der Waals surface area contributed by atoms with E-state index in [0.29, 0.717) is 0 Å². The van der Waals surface area contributed by atoms with E-state index in [1.54, 1.807) is 0 Å². The molecule has 4 nitrogen and oxygen atoms in total. The fraction of sp³-hybridized carbons (Fsp3) is 0.778. The topological polar surface area (TPSA) is 78.9 Å². The molecule has 0 heterocycles. The summed E-state index contributed by atoms with van der Waals surface area (Å²) in [5, 5.41) is 11.6. The summed E-state index contributed by atoms with van der Waals surface area (Å²) in [4.78, 5) is 10.3. The number of nitrogens with one attached hydrogen (secondary N) is 1. The van der Waals surface area contributed by atoms with Gasteiger partial charge in [0.25, 0.3) is 0 Å². The molecule has 0 atom stereocenters. The second-order valence-electron chi connectivity index (χ2n) is 3.74. The van der Waals surface area contributed by atoms with Crippen molar-refractivity contribution in [2.24, 2.45) is 11.1 Å². The Bertz CT molecular complexity index is 205. The highest BCUT2D eigenvalue weighted by atomic mass is 16.1. The Labute approximate surface area is 79.1 Å². The smallest absolute Gasteiger partial charge is 0.231 e. The summed E-state index contributed by atoms with van der Waals surface area (Å²) in [7, 11) is 0. The van der Waals surface area contributed by atoms with Crippen LogP contribution in [0.15, 0.2) is 0 Å². The van der Waals surface area contributed by atoms with Gasteiger partial charge in [-0.1, -0.05) is 0 Å². The van der Waals surface area contributed by atoms with E-state index >= 15 is 0 Å². The molecule has 3 N–H and O–H groups in total. The van der Waals surface area contributed by atoms with Crippen LogP contribution >= 0.6 is 0 Å². The molecule has 74 valence electrons. The summed E-state index contributed by atoms with van der Waals surface area (Å²) in [6.45, 7) is 4.75. The van der Waals surface area contributed by atoms with Crippen molar-refractivity contribution in [3.8, 4) is 6.07 Å². The highest BCUT2D eigenvalue weighted by Gasteiger charge is 2.15. The molecule has 0 radical (unpaired) electrons. The first-order valence-corrected chi connectivity index (χ1v) is 4.38. The minimum Gasteiger partial charge on any atom is -0.369 e. The van der Waals surface area contributed by atoms with E-state index in [1.165, 1.54) is 0 Å². The Morgan fingerprint density at radius 1 is 1.62 bits per heavy atom. The quantitative estimate of drug-likeness (QED) is 0.585. The molecule has 0 aromatic rings. The number of amides is 1. The largest absolute Gasteiger partial charge is 0.369 e. The molecule has 0 saturated heterocycles. The van der Waals surface area contributed by atoms with Crippen molar-refractivity contribution in [2.45, 2.75) is 26.7 Å². The zero-order chi connectivity index (χ0) is 10.3. The van der Waals surface area contributed by atoms with Crippen molar-refractivity contribution in [3.63, 3.8) is 0 Å². The highest BCUT2D eigenvalue weighted by Crippen LogP contribution is 2.19. The van der Waals surface area contributed by atoms with E-state index in [9.17, 15) is 4.79 Å². The maximum Gasteiger partial charge on any atom is 0.231 e. The number of nitrogens with two attached hydrogens (primary N) is 1. The molecule has 0 unspecified atom stereocenters. The number of primary amides is 1. The Hall–Kier alpha value is -1.08. The van der Waals surface area contributed by atoms with E-state index in [2.05, 4.69) is 11.4 Å². The van der Waals surface area contributed by atoms with E-state index in [-0.39, 0.29) is 17.9 Å². The fourth-order valence-corrected chi connectivity index (χ4v) is 0.923. The average molecular weight is 183 g/mol. The van der Waals surface area contributed by atoms with Crippen molar-refractivity contribution in [2.75, 3.05) is 13.1 Å². The maximum absolute atomic E-state index is 10.3. The van der Waals surface area contributed by atoms with Crippen LogP contribution in [0.2, 0.25) is 0 Å². The Morgan fingerprint density at radius 3 is 2.69 bits per heavy atom. The van der Waals surface area contributed by atoms with Gasteiger partial charge in [0.15, 0.2) is 0 Å². The number of hydrogen-bond donors (Lipinski definition) is 2. The van der Waals surface area contributed by atoms with Crippen molar-refractivity contribution < 1.29 is 4.79 Å². The van der Waals surface area contributed by atoms with Gasteiger partial charge in [-0.25, -0.2) is 0 Å². The molecule has 0 saturated carbocycles. The summed E-state index contributed by atoms with van der Waals surface area (Å²) in [5.74, 6) is -0.348. The molecule has 0 aliphatic heterocycles. The first-order chi connectivity index (χ1) is 5.98. The van der Waals surface area contributed by atoms with Gasteiger partial charge in [-0.2, -0.15) is 5.26 Å². The van der Waals surface area contributed by atoms with E-state index in [0.717, 1.165) is 19.4 Å². The van der Waals surface area contributed by atoms with Crippen LogP contribution < -0.4 is 11.1 Å². The third-order valence-corrected chi connectivity index (χ3v) is 1.76. The molecule has 13 heavy (non-hydrogen) atoms. The molecule has 0 spiro atoms. The lowest BCUT2D eigenvalue weighted by Gasteiger charge is -2.14. The van der Waals surface area contributed by atoms with Crippen LogP contribution in [0.3, 0.4) is 0 Å². The zero-order valence-corrected chi connectivity index (χ0v) is 8.26. The normalized spacial score (nSPS) is 10.8. The predicted molar refractivity (Wildman–Crippen MR) is 50.7 cm³/mol. The molecule has 0 aromatic carbocycles. The lowest BCUT2D eigenvalue weighted by molar-refractivity contribution is -0.117. The van der Waals surface area contributed by atoms with Gasteiger partial charge in [-0.05, 0) is 33.2 Å². The summed E-state index contributed by atoms with van der Waals surface area (Å²) < 4.78 is 0. The van der Waals surface area contributed by atoms with E-state index in [4.69, 9.17) is 11.0 Å². The lowest BCUT2D eigenvalue weighted by Crippen LogP contribution is -2.29. The number of rotatable bonds is 6. The minimum absolute atomic E-state index is 0.215. The Balaban J connectivity index is 3.37. The molecule has 0 fully saturated rings. The fourth-order valence-electron chi connectivity index (χ4n) is 0.923. The van der Waals surface area contributed by atoms with Crippen LogP contribution in [0.5, 0.6) is 0 Å². The predicted octanol–water partition coefficient (Wildman–Crippen LogP) is 0.391. The number of carbonyl (C=O) groups is 1. The van der Waals surface area contributed by atoms with Gasteiger partial charge in [0.1, 0.15) is 0 Å². The average Bonchev–Trinajstić information content (AvgIpc) is 2.03. The van der Waals surface area contributed by atoms with Gasteiger partial charge in [0.05, 0.1) is 18.0 Å². The molecule has 0 aromatic heterocycles. The van der Waals surface area contributed by atoms with E-state index in [1.807, 2.05) is 13.8 Å². The van der Waals surface area contributed by atoms with Crippen molar-refractivity contribution >= 4 is 5.91 Å². The standard InChI is InChI=1S/C9H17N3O/c1-9(2,7-10)4-3-5-12-6-8(11)13/h12H,3-6H2,1-2H3,(H2,11,13). The molecule has 0 bridgehead atoms. The molecule has 0 aliphatic rings. The lowest BCUT2D eigenvalue weighted by atomic mass is 9.90. The van der Waals surface area contributed by atoms with Crippen molar-refractivity contribution in [1.82, 2.24) is 5.32 Å². The summed E-state index contributed by atoms with van der Waals surface area (Å²) in [5.41, 5.74) is 4.66. The Morgan fingerprint density at radius 2 is 2.23 bits per heavy atom. The second-order valence-corrected chi connectivity index (χ2v) is 3.74. The van der Waals surface area contributed by atoms with Gasteiger partial charge < -0.3 is 11.1 Å². The first-order valence-electron chi connectivity index (χ1n) is 4.38. The number of nitrogens with zero attached hydrogens (tertiary/aromatic N) is 1. The van der Waals surface area contributed by atoms with Crippen LogP contribution in [-0.4, -0.2) is 19.0 Å². The van der Waals surface area contributed by atoms with Gasteiger partial charge in [-0.15, -0.1) is 0 Å². The molecule has 0 rings (SSSR count). The van der Waals surface area contributed by atoms with Crippen LogP contribution in [0.1, 0.15) is 26.7 Å². The number of carbonyl (C=O) groups excluding carboxylic acids is 1. The highest BCUT2D eigenvalue weighted by molar-refractivity contribution is 5.75. The van der Waals surface area contributed by atoms with Gasteiger partial charge in [-0.3, -0.25) is 4.79 Å². The summed E-state index contributed by atoms with van der Waals surface area (Å²) >= 11 is 0. The molecule has 1 amide bonds. The number of nitriles is 1. The molecular formula is C9H17N3O. The van der Waals surface area contributed by atoms with Crippen LogP contribution in [0, 0.1) is 16.7 Å². The van der Waals surface area contributed by atoms with Crippen LogP contribution in [0.25, 0.3) is 0 Å². The van der Waals surface area contributed by atoms with Gasteiger partial charge >= 0.3 is 0 Å². The van der Waals surface area contributed by atoms with Crippen LogP contribution in [-0.2, 0) is 4.79 Å². The first kappa shape index (κ1) is 11.9. The van der Waals surface area contributed by atoms with Gasteiger partial charge in [0.2, 0.25) is 5.91 Å². The third kappa shape index (κ3) is 7.29. The van der Waals surface area contributed by atoms with Crippen molar-refractivity contribution in [3.05, 3.63) is 0 Å². The third-order valence-electron chi connectivity index (χ3n) is 1.76. The zero-order valence-electron chi connectivity index (χ0n) is 8.26. The maximum atomic E-state index is 10.3. The molecular weight excluding hydrogens is 166 g/mol. The molecule has 0 aliphatic carbocycles.